The summed E-state index contributed by atoms with van der Waals surface area (Å²) >= 11 is 4.67. The van der Waals surface area contributed by atoms with Crippen molar-refractivity contribution in [1.82, 2.24) is 10.4 Å². The Bertz CT molecular complexity index is 743. The van der Waals surface area contributed by atoms with Gasteiger partial charge >= 0.3 is 5.97 Å². The molecule has 6 nitrogen and oxygen atoms in total. The van der Waals surface area contributed by atoms with E-state index >= 15 is 0 Å². The molecule has 2 aromatic rings. The zero-order valence-corrected chi connectivity index (χ0v) is 12.4. The van der Waals surface area contributed by atoms with Crippen molar-refractivity contribution in [2.75, 3.05) is 0 Å². The third-order valence-corrected chi connectivity index (χ3v) is 2.80. The number of fused-ring (bicyclic) bond motifs is 1. The Morgan fingerprint density at radius 2 is 2.29 bits per heavy atom. The topological polar surface area (TPSA) is 89.6 Å². The first-order valence-corrected chi connectivity index (χ1v) is 6.55. The lowest BCUT2D eigenvalue weighted by atomic mass is 10.1. The molecule has 1 aromatic heterocycles. The number of hydrogen-bond acceptors (Lipinski definition) is 5. The van der Waals surface area contributed by atoms with Crippen LogP contribution in [0, 0.1) is 6.92 Å². The first-order chi connectivity index (χ1) is 9.99. The van der Waals surface area contributed by atoms with Gasteiger partial charge in [-0.25, -0.2) is 0 Å². The van der Waals surface area contributed by atoms with Gasteiger partial charge in [-0.2, -0.15) is 5.10 Å². The van der Waals surface area contributed by atoms with Crippen LogP contribution >= 0.6 is 12.2 Å². The van der Waals surface area contributed by atoms with E-state index in [-0.39, 0.29) is 11.1 Å². The minimum atomic E-state index is -0.371. The van der Waals surface area contributed by atoms with Crippen LogP contribution in [-0.2, 0) is 4.79 Å². The first-order valence-electron chi connectivity index (χ1n) is 6.14. The summed E-state index contributed by atoms with van der Waals surface area (Å²) in [6.45, 7) is 3.26. The number of carbonyl (C=O) groups is 1. The molecular formula is C14H14N4O2S. The molecule has 0 fully saturated rings. The highest BCUT2D eigenvalue weighted by Gasteiger charge is 2.10. The van der Waals surface area contributed by atoms with E-state index in [2.05, 4.69) is 27.7 Å². The van der Waals surface area contributed by atoms with E-state index < -0.39 is 0 Å². The number of carbonyl (C=O) groups excluding carboxylic acids is 1. The number of pyridine rings is 1. The van der Waals surface area contributed by atoms with Gasteiger partial charge in [0.25, 0.3) is 0 Å². The van der Waals surface area contributed by atoms with Crippen LogP contribution in [0.2, 0.25) is 0 Å². The Labute approximate surface area is 127 Å². The summed E-state index contributed by atoms with van der Waals surface area (Å²) < 4.78 is 5.24. The van der Waals surface area contributed by atoms with Crippen LogP contribution in [0.3, 0.4) is 0 Å². The predicted octanol–water partition coefficient (Wildman–Crippen LogP) is 1.64. The Hall–Kier alpha value is -2.54. The van der Waals surface area contributed by atoms with Crippen molar-refractivity contribution in [3.8, 4) is 5.75 Å². The van der Waals surface area contributed by atoms with Gasteiger partial charge in [-0.05, 0) is 30.8 Å². The molecule has 0 aliphatic rings. The summed E-state index contributed by atoms with van der Waals surface area (Å²) in [7, 11) is 0. The van der Waals surface area contributed by atoms with Gasteiger partial charge in [-0.15, -0.1) is 0 Å². The van der Waals surface area contributed by atoms with E-state index in [9.17, 15) is 4.79 Å². The van der Waals surface area contributed by atoms with Crippen molar-refractivity contribution in [3.05, 3.63) is 35.7 Å². The highest BCUT2D eigenvalue weighted by atomic mass is 32.1. The number of nitrogens with two attached hydrogens (primary N) is 1. The molecule has 0 bridgehead atoms. The number of rotatable bonds is 3. The number of aryl methyl sites for hydroxylation is 1. The van der Waals surface area contributed by atoms with Gasteiger partial charge in [-0.1, -0.05) is 12.1 Å². The third-order valence-electron chi connectivity index (χ3n) is 2.71. The summed E-state index contributed by atoms with van der Waals surface area (Å²) in [5.41, 5.74) is 9.30. The lowest BCUT2D eigenvalue weighted by Crippen LogP contribution is -2.24. The minimum absolute atomic E-state index is 0.0725. The SMILES string of the molecule is CC(=O)Oc1cccc2c(/C=N\NC(N)=S)ncc(C)c12. The number of thiocarbonyl (C=S) groups is 1. The van der Waals surface area contributed by atoms with Crippen molar-refractivity contribution in [2.45, 2.75) is 13.8 Å². The van der Waals surface area contributed by atoms with Crippen molar-refractivity contribution >= 4 is 40.3 Å². The summed E-state index contributed by atoms with van der Waals surface area (Å²) in [4.78, 5) is 15.5. The fourth-order valence-electron chi connectivity index (χ4n) is 1.95. The highest BCUT2D eigenvalue weighted by molar-refractivity contribution is 7.80. The van der Waals surface area contributed by atoms with E-state index in [0.29, 0.717) is 11.4 Å². The number of benzene rings is 1. The molecule has 0 unspecified atom stereocenters. The van der Waals surface area contributed by atoms with Gasteiger partial charge in [0.1, 0.15) is 5.75 Å². The van der Waals surface area contributed by atoms with Crippen LogP contribution in [-0.4, -0.2) is 22.3 Å². The molecule has 0 spiro atoms. The maximum absolute atomic E-state index is 11.2. The van der Waals surface area contributed by atoms with Gasteiger partial charge in [0.05, 0.1) is 11.9 Å². The maximum atomic E-state index is 11.2. The number of esters is 1. The second kappa shape index (κ2) is 6.27. The van der Waals surface area contributed by atoms with E-state index in [0.717, 1.165) is 16.3 Å². The molecule has 0 atom stereocenters. The smallest absolute Gasteiger partial charge is 0.308 e. The normalized spacial score (nSPS) is 10.8. The number of aromatic nitrogens is 1. The van der Waals surface area contributed by atoms with Gasteiger partial charge in [-0.3, -0.25) is 15.2 Å². The maximum Gasteiger partial charge on any atom is 0.308 e. The fraction of sp³-hybridized carbons (Fsp3) is 0.143. The molecule has 0 saturated carbocycles. The molecule has 0 saturated heterocycles. The summed E-state index contributed by atoms with van der Waals surface area (Å²) in [6.07, 6.45) is 3.20. The monoisotopic (exact) mass is 302 g/mol. The average Bonchev–Trinajstić information content (AvgIpc) is 2.40. The fourth-order valence-corrected chi connectivity index (χ4v) is 2.00. The van der Waals surface area contributed by atoms with Crippen molar-refractivity contribution in [3.63, 3.8) is 0 Å². The molecule has 3 N–H and O–H groups in total. The van der Waals surface area contributed by atoms with Gasteiger partial charge in [0.2, 0.25) is 0 Å². The molecule has 21 heavy (non-hydrogen) atoms. The second-order valence-corrected chi connectivity index (χ2v) is 4.77. The zero-order valence-electron chi connectivity index (χ0n) is 11.6. The summed E-state index contributed by atoms with van der Waals surface area (Å²) in [6, 6.07) is 5.41. The number of ether oxygens (including phenoxy) is 1. The molecule has 2 rings (SSSR count). The Balaban J connectivity index is 2.54. The summed E-state index contributed by atoms with van der Waals surface area (Å²) in [5, 5.41) is 5.61. The van der Waals surface area contributed by atoms with Gasteiger partial charge < -0.3 is 10.5 Å². The zero-order chi connectivity index (χ0) is 15.4. The van der Waals surface area contributed by atoms with E-state index in [1.165, 1.54) is 13.1 Å². The quantitative estimate of drug-likeness (QED) is 0.294. The molecule has 108 valence electrons. The number of nitrogens with zero attached hydrogens (tertiary/aromatic N) is 2. The molecule has 0 amide bonds. The predicted molar refractivity (Wildman–Crippen MR) is 85.3 cm³/mol. The van der Waals surface area contributed by atoms with E-state index in [1.54, 1.807) is 18.3 Å². The Morgan fingerprint density at radius 3 is 2.95 bits per heavy atom. The third kappa shape index (κ3) is 3.51. The summed E-state index contributed by atoms with van der Waals surface area (Å²) in [5.74, 6) is 0.126. The van der Waals surface area contributed by atoms with Crippen molar-refractivity contribution in [2.24, 2.45) is 10.8 Å². The molecule has 0 aliphatic heterocycles. The van der Waals surface area contributed by atoms with Crippen LogP contribution in [0.1, 0.15) is 18.2 Å². The van der Waals surface area contributed by atoms with Gasteiger partial charge in [0, 0.05) is 23.9 Å². The lowest BCUT2D eigenvalue weighted by molar-refractivity contribution is -0.131. The van der Waals surface area contributed by atoms with Crippen molar-refractivity contribution < 1.29 is 9.53 Å². The Kier molecular flexibility index (Phi) is 4.44. The van der Waals surface area contributed by atoms with Crippen LogP contribution in [0.25, 0.3) is 10.8 Å². The number of nitrogens with one attached hydrogen (secondary N) is 1. The minimum Gasteiger partial charge on any atom is -0.426 e. The first kappa shape index (κ1) is 14.9. The Morgan fingerprint density at radius 1 is 1.52 bits per heavy atom. The number of hydrogen-bond donors (Lipinski definition) is 2. The molecule has 7 heteroatoms. The standard InChI is InChI=1S/C14H14N4O2S/c1-8-6-16-11(7-17-18-14(15)21)10-4-3-5-12(13(8)10)20-9(2)19/h3-7H,1-2H3,(H3,15,18,21)/b17-7-. The average molecular weight is 302 g/mol. The molecule has 1 aromatic carbocycles. The van der Waals surface area contributed by atoms with Crippen LogP contribution in [0.15, 0.2) is 29.5 Å². The van der Waals surface area contributed by atoms with Crippen LogP contribution in [0.4, 0.5) is 0 Å². The van der Waals surface area contributed by atoms with E-state index in [1.807, 2.05) is 13.0 Å². The lowest BCUT2D eigenvalue weighted by Gasteiger charge is -2.10. The van der Waals surface area contributed by atoms with Gasteiger partial charge in [0.15, 0.2) is 5.11 Å². The highest BCUT2D eigenvalue weighted by Crippen LogP contribution is 2.29. The second-order valence-electron chi connectivity index (χ2n) is 4.33. The molecule has 0 aliphatic carbocycles. The molecular weight excluding hydrogens is 288 g/mol. The molecule has 1 heterocycles. The van der Waals surface area contributed by atoms with Crippen LogP contribution < -0.4 is 15.9 Å². The van der Waals surface area contributed by atoms with E-state index in [4.69, 9.17) is 10.5 Å². The number of hydrazone groups is 1. The molecule has 0 radical (unpaired) electrons. The van der Waals surface area contributed by atoms with Crippen LogP contribution in [0.5, 0.6) is 5.75 Å². The largest absolute Gasteiger partial charge is 0.426 e. The van der Waals surface area contributed by atoms with Crippen molar-refractivity contribution in [1.29, 1.82) is 0 Å².